The van der Waals surface area contributed by atoms with E-state index in [4.69, 9.17) is 11.0 Å². The third-order valence-corrected chi connectivity index (χ3v) is 3.71. The number of rotatable bonds is 4. The van der Waals surface area contributed by atoms with Crippen LogP contribution in [0, 0.1) is 11.3 Å². The van der Waals surface area contributed by atoms with Gasteiger partial charge in [-0.25, -0.2) is 4.98 Å². The molecule has 5 heteroatoms. The molecule has 0 aliphatic rings. The summed E-state index contributed by atoms with van der Waals surface area (Å²) in [6.45, 7) is 4.89. The van der Waals surface area contributed by atoms with Crippen LogP contribution in [0.4, 0.5) is 11.4 Å². The van der Waals surface area contributed by atoms with Crippen LogP contribution < -0.4 is 10.6 Å². The molecular formula is C13H16N4S. The Bertz CT molecular complexity index is 582. The van der Waals surface area contributed by atoms with Gasteiger partial charge in [0, 0.05) is 12.6 Å². The lowest BCUT2D eigenvalue weighted by atomic mass is 10.2. The number of thiazole rings is 1. The Kier molecular flexibility index (Phi) is 3.68. The zero-order valence-electron chi connectivity index (χ0n) is 10.6. The second-order valence-electron chi connectivity index (χ2n) is 4.39. The van der Waals surface area contributed by atoms with Gasteiger partial charge < -0.3 is 10.6 Å². The summed E-state index contributed by atoms with van der Waals surface area (Å²) in [5, 5.41) is 8.73. The number of nitrogens with zero attached hydrogens (tertiary/aromatic N) is 3. The molecule has 2 N–H and O–H groups in total. The highest BCUT2D eigenvalue weighted by atomic mass is 32.1. The molecule has 0 radical (unpaired) electrons. The van der Waals surface area contributed by atoms with E-state index in [-0.39, 0.29) is 0 Å². The number of nitrogens with two attached hydrogens (primary N) is 1. The zero-order valence-corrected chi connectivity index (χ0v) is 11.4. The molecule has 0 bridgehead atoms. The van der Waals surface area contributed by atoms with Crippen molar-refractivity contribution in [2.45, 2.75) is 26.3 Å². The standard InChI is InChI=1S/C13H16N4S/c1-9(2)17(7-3-6-14)10-4-5-11-13(12(10)15)16-8-18-11/h4-5,8-9H,3,7,15H2,1-2H3. The minimum Gasteiger partial charge on any atom is -0.395 e. The normalized spacial score (nSPS) is 10.8. The van der Waals surface area contributed by atoms with Gasteiger partial charge in [0.1, 0.15) is 5.52 Å². The Hall–Kier alpha value is -1.80. The van der Waals surface area contributed by atoms with E-state index in [0.717, 1.165) is 15.9 Å². The Morgan fingerprint density at radius 3 is 2.94 bits per heavy atom. The van der Waals surface area contributed by atoms with Crippen LogP contribution >= 0.6 is 11.3 Å². The summed E-state index contributed by atoms with van der Waals surface area (Å²) in [5.41, 5.74) is 10.5. The van der Waals surface area contributed by atoms with Crippen LogP contribution in [0.25, 0.3) is 10.2 Å². The quantitative estimate of drug-likeness (QED) is 0.858. The van der Waals surface area contributed by atoms with Gasteiger partial charge in [-0.15, -0.1) is 11.3 Å². The molecule has 4 nitrogen and oxygen atoms in total. The molecule has 0 aliphatic heterocycles. The summed E-state index contributed by atoms with van der Waals surface area (Å²) in [5.74, 6) is 0. The Morgan fingerprint density at radius 1 is 1.50 bits per heavy atom. The van der Waals surface area contributed by atoms with Crippen LogP contribution in [-0.2, 0) is 0 Å². The summed E-state index contributed by atoms with van der Waals surface area (Å²) in [6.07, 6.45) is 0.493. The number of hydrogen-bond donors (Lipinski definition) is 1. The zero-order chi connectivity index (χ0) is 13.1. The van der Waals surface area contributed by atoms with E-state index in [9.17, 15) is 0 Å². The van der Waals surface area contributed by atoms with Gasteiger partial charge in [-0.1, -0.05) is 0 Å². The molecule has 0 saturated heterocycles. The molecule has 0 amide bonds. The number of aromatic nitrogens is 1. The number of anilines is 2. The van der Waals surface area contributed by atoms with Crippen LogP contribution in [0.15, 0.2) is 17.6 Å². The fraction of sp³-hybridized carbons (Fsp3) is 0.385. The van der Waals surface area contributed by atoms with Crippen LogP contribution in [-0.4, -0.2) is 17.6 Å². The predicted molar refractivity (Wildman–Crippen MR) is 76.7 cm³/mol. The molecule has 18 heavy (non-hydrogen) atoms. The van der Waals surface area contributed by atoms with E-state index in [1.807, 2.05) is 12.1 Å². The topological polar surface area (TPSA) is 65.9 Å². The fourth-order valence-electron chi connectivity index (χ4n) is 2.02. The van der Waals surface area contributed by atoms with Crippen molar-refractivity contribution in [1.82, 2.24) is 4.98 Å². The van der Waals surface area contributed by atoms with Gasteiger partial charge in [-0.2, -0.15) is 5.26 Å². The van der Waals surface area contributed by atoms with Crippen LogP contribution in [0.5, 0.6) is 0 Å². The maximum atomic E-state index is 8.73. The molecule has 0 aliphatic carbocycles. The van der Waals surface area contributed by atoms with E-state index in [0.29, 0.717) is 24.7 Å². The number of nitrogen functional groups attached to an aromatic ring is 1. The molecule has 0 saturated carbocycles. The molecule has 0 fully saturated rings. The lowest BCUT2D eigenvalue weighted by Gasteiger charge is -2.29. The molecular weight excluding hydrogens is 244 g/mol. The van der Waals surface area contributed by atoms with Crippen molar-refractivity contribution in [2.75, 3.05) is 17.2 Å². The molecule has 1 heterocycles. The molecule has 0 spiro atoms. The molecule has 2 rings (SSSR count). The third kappa shape index (κ3) is 2.24. The highest BCUT2D eigenvalue weighted by Crippen LogP contribution is 2.33. The first-order chi connectivity index (χ1) is 8.65. The van der Waals surface area contributed by atoms with Crippen molar-refractivity contribution >= 4 is 32.9 Å². The first-order valence-corrected chi connectivity index (χ1v) is 6.78. The van der Waals surface area contributed by atoms with Crippen LogP contribution in [0.1, 0.15) is 20.3 Å². The van der Waals surface area contributed by atoms with Crippen LogP contribution in [0.2, 0.25) is 0 Å². The van der Waals surface area contributed by atoms with E-state index < -0.39 is 0 Å². The maximum absolute atomic E-state index is 8.73. The monoisotopic (exact) mass is 260 g/mol. The summed E-state index contributed by atoms with van der Waals surface area (Å²) < 4.78 is 1.10. The third-order valence-electron chi connectivity index (χ3n) is 2.92. The van der Waals surface area contributed by atoms with Crippen molar-refractivity contribution in [3.8, 4) is 6.07 Å². The van der Waals surface area contributed by atoms with Crippen LogP contribution in [0.3, 0.4) is 0 Å². The Labute approximate surface area is 111 Å². The largest absolute Gasteiger partial charge is 0.395 e. The summed E-state index contributed by atoms with van der Waals surface area (Å²) in [6, 6.07) is 6.54. The molecule has 2 aromatic rings. The highest BCUT2D eigenvalue weighted by Gasteiger charge is 2.15. The number of fused-ring (bicyclic) bond motifs is 1. The molecule has 1 aromatic heterocycles. The molecule has 94 valence electrons. The summed E-state index contributed by atoms with van der Waals surface area (Å²) in [4.78, 5) is 6.45. The summed E-state index contributed by atoms with van der Waals surface area (Å²) in [7, 11) is 0. The van der Waals surface area contributed by atoms with E-state index >= 15 is 0 Å². The Balaban J connectivity index is 2.43. The lowest BCUT2D eigenvalue weighted by Crippen LogP contribution is -2.32. The predicted octanol–water partition coefficient (Wildman–Crippen LogP) is 3.01. The van der Waals surface area contributed by atoms with Gasteiger partial charge in [-0.05, 0) is 26.0 Å². The average molecular weight is 260 g/mol. The molecule has 0 atom stereocenters. The van der Waals surface area contributed by atoms with Gasteiger partial charge in [0.15, 0.2) is 0 Å². The van der Waals surface area contributed by atoms with E-state index in [2.05, 4.69) is 29.8 Å². The first-order valence-electron chi connectivity index (χ1n) is 5.90. The van der Waals surface area contributed by atoms with E-state index in [1.165, 1.54) is 0 Å². The minimum atomic E-state index is 0.303. The van der Waals surface area contributed by atoms with Gasteiger partial charge in [0.2, 0.25) is 0 Å². The highest BCUT2D eigenvalue weighted by molar-refractivity contribution is 7.16. The van der Waals surface area contributed by atoms with Crippen molar-refractivity contribution < 1.29 is 0 Å². The van der Waals surface area contributed by atoms with Gasteiger partial charge in [0.25, 0.3) is 0 Å². The number of benzene rings is 1. The van der Waals surface area contributed by atoms with Gasteiger partial charge in [-0.3, -0.25) is 0 Å². The Morgan fingerprint density at radius 2 is 2.28 bits per heavy atom. The maximum Gasteiger partial charge on any atom is 0.106 e. The molecule has 0 unspecified atom stereocenters. The summed E-state index contributed by atoms with van der Waals surface area (Å²) >= 11 is 1.59. The lowest BCUT2D eigenvalue weighted by molar-refractivity contribution is 0.688. The average Bonchev–Trinajstić information content (AvgIpc) is 2.80. The van der Waals surface area contributed by atoms with Crippen molar-refractivity contribution in [3.63, 3.8) is 0 Å². The second kappa shape index (κ2) is 5.23. The minimum absolute atomic E-state index is 0.303. The number of hydrogen-bond acceptors (Lipinski definition) is 5. The van der Waals surface area contributed by atoms with E-state index in [1.54, 1.807) is 16.8 Å². The van der Waals surface area contributed by atoms with Crippen molar-refractivity contribution in [2.24, 2.45) is 0 Å². The fourth-order valence-corrected chi connectivity index (χ4v) is 2.71. The first kappa shape index (κ1) is 12.7. The second-order valence-corrected chi connectivity index (χ2v) is 5.28. The molecule has 1 aromatic carbocycles. The smallest absolute Gasteiger partial charge is 0.106 e. The van der Waals surface area contributed by atoms with Gasteiger partial charge >= 0.3 is 0 Å². The number of nitriles is 1. The SMILES string of the molecule is CC(C)N(CCC#N)c1ccc2scnc2c1N. The van der Waals surface area contributed by atoms with Crippen molar-refractivity contribution in [3.05, 3.63) is 17.6 Å². The van der Waals surface area contributed by atoms with Crippen molar-refractivity contribution in [1.29, 1.82) is 5.26 Å². The van der Waals surface area contributed by atoms with Gasteiger partial charge in [0.05, 0.1) is 34.1 Å².